The van der Waals surface area contributed by atoms with E-state index in [2.05, 4.69) is 54.5 Å². The molecule has 0 radical (unpaired) electrons. The summed E-state index contributed by atoms with van der Waals surface area (Å²) in [6.07, 6.45) is 0. The van der Waals surface area contributed by atoms with Gasteiger partial charge >= 0.3 is 0 Å². The van der Waals surface area contributed by atoms with Crippen molar-refractivity contribution in [2.75, 3.05) is 13.1 Å². The van der Waals surface area contributed by atoms with Gasteiger partial charge in [-0.15, -0.1) is 0 Å². The van der Waals surface area contributed by atoms with E-state index in [-0.39, 0.29) is 0 Å². The summed E-state index contributed by atoms with van der Waals surface area (Å²) in [5, 5.41) is 4.99. The van der Waals surface area contributed by atoms with Gasteiger partial charge < -0.3 is 5.32 Å². The van der Waals surface area contributed by atoms with Crippen molar-refractivity contribution < 1.29 is 0 Å². The zero-order valence-corrected chi connectivity index (χ0v) is 10.6. The van der Waals surface area contributed by atoms with E-state index in [0.29, 0.717) is 11.2 Å². The zero-order valence-electron chi connectivity index (χ0n) is 9.81. The van der Waals surface area contributed by atoms with Crippen LogP contribution in [0.2, 0.25) is 0 Å². The summed E-state index contributed by atoms with van der Waals surface area (Å²) < 4.78 is 0. The molecule has 0 aromatic heterocycles. The van der Waals surface area contributed by atoms with Crippen molar-refractivity contribution in [3.05, 3.63) is 35.9 Å². The van der Waals surface area contributed by atoms with Crippen LogP contribution in [0.4, 0.5) is 0 Å². The molecule has 3 heteroatoms. The Labute approximate surface area is 102 Å². The maximum absolute atomic E-state index is 4.53. The fourth-order valence-electron chi connectivity index (χ4n) is 1.61. The van der Waals surface area contributed by atoms with Crippen molar-refractivity contribution in [3.63, 3.8) is 0 Å². The maximum Gasteiger partial charge on any atom is 0.157 e. The largest absolute Gasteiger partial charge is 0.365 e. The van der Waals surface area contributed by atoms with Crippen molar-refractivity contribution >= 4 is 16.9 Å². The standard InChI is InChI=1S/C13H18N2S/c1-10(2)8-14-13-15-9-12(16-13)11-6-4-3-5-7-11/h3-7,10,12H,8-9H2,1-2H3,(H,14,15). The van der Waals surface area contributed by atoms with Gasteiger partial charge in [-0.1, -0.05) is 55.9 Å². The van der Waals surface area contributed by atoms with Crippen LogP contribution in [-0.2, 0) is 0 Å². The summed E-state index contributed by atoms with van der Waals surface area (Å²) in [4.78, 5) is 4.53. The smallest absolute Gasteiger partial charge is 0.157 e. The Morgan fingerprint density at radius 3 is 2.81 bits per heavy atom. The quantitative estimate of drug-likeness (QED) is 0.869. The Bertz CT molecular complexity index is 359. The molecule has 0 bridgehead atoms. The van der Waals surface area contributed by atoms with Crippen LogP contribution in [0.15, 0.2) is 35.3 Å². The Balaban J connectivity index is 1.87. The third kappa shape index (κ3) is 3.01. The second-order valence-corrected chi connectivity index (χ2v) is 5.63. The average Bonchev–Trinajstić information content (AvgIpc) is 2.76. The van der Waals surface area contributed by atoms with Gasteiger partial charge in [0, 0.05) is 6.54 Å². The van der Waals surface area contributed by atoms with Gasteiger partial charge in [0.2, 0.25) is 0 Å². The van der Waals surface area contributed by atoms with Gasteiger partial charge in [-0.2, -0.15) is 0 Å². The summed E-state index contributed by atoms with van der Waals surface area (Å²) in [5.74, 6) is 0.666. The van der Waals surface area contributed by atoms with E-state index in [1.54, 1.807) is 0 Å². The Kier molecular flexibility index (Phi) is 3.88. The number of hydrogen-bond acceptors (Lipinski definition) is 3. The number of aliphatic imine (C=N–C) groups is 1. The first-order chi connectivity index (χ1) is 7.75. The molecule has 1 aromatic carbocycles. The van der Waals surface area contributed by atoms with Crippen LogP contribution in [0.1, 0.15) is 24.7 Å². The molecule has 1 atom stereocenters. The highest BCUT2D eigenvalue weighted by Crippen LogP contribution is 2.34. The second kappa shape index (κ2) is 5.39. The molecule has 1 aromatic rings. The van der Waals surface area contributed by atoms with Crippen molar-refractivity contribution in [2.45, 2.75) is 19.1 Å². The van der Waals surface area contributed by atoms with Gasteiger partial charge in [0.15, 0.2) is 5.17 Å². The van der Waals surface area contributed by atoms with E-state index in [0.717, 1.165) is 18.3 Å². The van der Waals surface area contributed by atoms with Crippen LogP contribution < -0.4 is 5.32 Å². The lowest BCUT2D eigenvalue weighted by Crippen LogP contribution is -2.23. The van der Waals surface area contributed by atoms with Gasteiger partial charge in [-0.05, 0) is 11.5 Å². The summed E-state index contributed by atoms with van der Waals surface area (Å²) in [5.41, 5.74) is 1.37. The van der Waals surface area contributed by atoms with E-state index in [9.17, 15) is 0 Å². The third-order valence-corrected chi connectivity index (χ3v) is 3.69. The Morgan fingerprint density at radius 1 is 1.38 bits per heavy atom. The summed E-state index contributed by atoms with van der Waals surface area (Å²) in [6, 6.07) is 10.6. The zero-order chi connectivity index (χ0) is 11.4. The second-order valence-electron chi connectivity index (χ2n) is 4.44. The molecule has 16 heavy (non-hydrogen) atoms. The molecular formula is C13H18N2S. The van der Waals surface area contributed by atoms with Gasteiger partial charge in [-0.25, -0.2) is 0 Å². The highest BCUT2D eigenvalue weighted by molar-refractivity contribution is 8.14. The number of nitrogens with zero attached hydrogens (tertiary/aromatic N) is 1. The number of thioether (sulfide) groups is 1. The van der Waals surface area contributed by atoms with Crippen LogP contribution in [0.5, 0.6) is 0 Å². The van der Waals surface area contributed by atoms with Crippen LogP contribution in [-0.4, -0.2) is 18.3 Å². The first-order valence-corrected chi connectivity index (χ1v) is 6.63. The molecule has 2 nitrogen and oxygen atoms in total. The summed E-state index contributed by atoms with van der Waals surface area (Å²) in [7, 11) is 0. The molecule has 0 spiro atoms. The molecule has 0 aliphatic carbocycles. The molecular weight excluding hydrogens is 216 g/mol. The number of benzene rings is 1. The van der Waals surface area contributed by atoms with Crippen LogP contribution in [0, 0.1) is 5.92 Å². The predicted molar refractivity (Wildman–Crippen MR) is 71.9 cm³/mol. The van der Waals surface area contributed by atoms with Crippen LogP contribution >= 0.6 is 11.8 Å². The van der Waals surface area contributed by atoms with Gasteiger partial charge in [0.1, 0.15) is 0 Å². The first-order valence-electron chi connectivity index (χ1n) is 5.75. The minimum Gasteiger partial charge on any atom is -0.365 e. The maximum atomic E-state index is 4.53. The minimum absolute atomic E-state index is 0.496. The fourth-order valence-corrected chi connectivity index (χ4v) is 2.63. The molecule has 1 N–H and O–H groups in total. The normalized spacial score (nSPS) is 19.9. The van der Waals surface area contributed by atoms with Crippen molar-refractivity contribution in [1.29, 1.82) is 0 Å². The Morgan fingerprint density at radius 2 is 2.12 bits per heavy atom. The molecule has 86 valence electrons. The molecule has 0 saturated heterocycles. The van der Waals surface area contributed by atoms with Crippen LogP contribution in [0.3, 0.4) is 0 Å². The van der Waals surface area contributed by atoms with Gasteiger partial charge in [0.05, 0.1) is 11.8 Å². The molecule has 0 fully saturated rings. The van der Waals surface area contributed by atoms with Gasteiger partial charge in [0.25, 0.3) is 0 Å². The molecule has 1 aliphatic rings. The molecule has 0 amide bonds. The minimum atomic E-state index is 0.496. The number of amidine groups is 1. The topological polar surface area (TPSA) is 24.4 Å². The predicted octanol–water partition coefficient (Wildman–Crippen LogP) is 3.08. The van der Waals surface area contributed by atoms with E-state index < -0.39 is 0 Å². The van der Waals surface area contributed by atoms with E-state index in [1.807, 2.05) is 11.8 Å². The van der Waals surface area contributed by atoms with Crippen LogP contribution in [0.25, 0.3) is 0 Å². The van der Waals surface area contributed by atoms with Crippen molar-refractivity contribution in [2.24, 2.45) is 10.9 Å². The molecule has 1 heterocycles. The lowest BCUT2D eigenvalue weighted by molar-refractivity contribution is 0.627. The van der Waals surface area contributed by atoms with Gasteiger partial charge in [-0.3, -0.25) is 4.99 Å². The van der Waals surface area contributed by atoms with Crippen molar-refractivity contribution in [3.8, 4) is 0 Å². The number of rotatable bonds is 3. The van der Waals surface area contributed by atoms with E-state index >= 15 is 0 Å². The lowest BCUT2D eigenvalue weighted by Gasteiger charge is -2.10. The fraction of sp³-hybridized carbons (Fsp3) is 0.462. The van der Waals surface area contributed by atoms with E-state index in [1.165, 1.54) is 5.56 Å². The highest BCUT2D eigenvalue weighted by Gasteiger charge is 2.20. The SMILES string of the molecule is CC(C)CNC1=NCC(c2ccccc2)S1. The summed E-state index contributed by atoms with van der Waals surface area (Å²) in [6.45, 7) is 6.33. The lowest BCUT2D eigenvalue weighted by atomic mass is 10.1. The molecule has 0 saturated carbocycles. The molecule has 2 rings (SSSR count). The average molecular weight is 234 g/mol. The van der Waals surface area contributed by atoms with Crippen molar-refractivity contribution in [1.82, 2.24) is 5.32 Å². The summed E-state index contributed by atoms with van der Waals surface area (Å²) >= 11 is 1.84. The highest BCUT2D eigenvalue weighted by atomic mass is 32.2. The molecule has 1 unspecified atom stereocenters. The first kappa shape index (κ1) is 11.5. The molecule has 1 aliphatic heterocycles. The Hall–Kier alpha value is -0.960. The third-order valence-electron chi connectivity index (χ3n) is 2.49. The van der Waals surface area contributed by atoms with E-state index in [4.69, 9.17) is 0 Å². The number of hydrogen-bond donors (Lipinski definition) is 1. The number of nitrogens with one attached hydrogen (secondary N) is 1. The monoisotopic (exact) mass is 234 g/mol.